The molecular formula is C27H20BrClN2O4. The Morgan fingerprint density at radius 3 is 2.40 bits per heavy atom. The molecule has 4 rings (SSSR count). The van der Waals surface area contributed by atoms with Gasteiger partial charge in [0.2, 0.25) is 11.7 Å². The van der Waals surface area contributed by atoms with Crippen molar-refractivity contribution < 1.29 is 19.1 Å². The van der Waals surface area contributed by atoms with Crippen molar-refractivity contribution >= 4 is 61.8 Å². The number of esters is 1. The summed E-state index contributed by atoms with van der Waals surface area (Å²) in [5, 5.41) is 4.15. The number of hydrogen-bond donors (Lipinski definition) is 1. The van der Waals surface area contributed by atoms with Crippen LogP contribution in [0, 0.1) is 0 Å². The highest BCUT2D eigenvalue weighted by molar-refractivity contribution is 9.10. The van der Waals surface area contributed by atoms with Crippen molar-refractivity contribution in [3.8, 4) is 0 Å². The van der Waals surface area contributed by atoms with Crippen molar-refractivity contribution in [2.45, 2.75) is 18.9 Å². The second kappa shape index (κ2) is 11.3. The van der Waals surface area contributed by atoms with E-state index in [2.05, 4.69) is 26.2 Å². The van der Waals surface area contributed by atoms with Gasteiger partial charge in [0.25, 0.3) is 0 Å². The number of pyridine rings is 1. The predicted molar refractivity (Wildman–Crippen MR) is 138 cm³/mol. The first kappa shape index (κ1) is 24.6. The topological polar surface area (TPSA) is 85.4 Å². The number of Topliss-reactive ketones (excluding diaryl/α,β-unsaturated/α-hetero) is 1. The molecule has 6 nitrogen and oxygen atoms in total. The zero-order valence-corrected chi connectivity index (χ0v) is 20.8. The molecule has 1 heterocycles. The zero-order valence-electron chi connectivity index (χ0n) is 18.4. The van der Waals surface area contributed by atoms with Crippen LogP contribution in [0.25, 0.3) is 10.9 Å². The number of anilines is 1. The molecule has 1 aromatic heterocycles. The number of amides is 1. The van der Waals surface area contributed by atoms with E-state index in [9.17, 15) is 14.4 Å². The molecule has 1 amide bonds. The molecule has 0 saturated carbocycles. The maximum absolute atomic E-state index is 13.1. The zero-order chi connectivity index (χ0) is 24.8. The largest absolute Gasteiger partial charge is 0.449 e. The molecule has 0 aliphatic heterocycles. The molecule has 1 N–H and O–H groups in total. The van der Waals surface area contributed by atoms with Crippen molar-refractivity contribution in [1.29, 1.82) is 0 Å². The first-order chi connectivity index (χ1) is 16.9. The smallest absolute Gasteiger partial charge is 0.307 e. The molecule has 4 aromatic rings. The van der Waals surface area contributed by atoms with Crippen LogP contribution in [-0.2, 0) is 14.3 Å². The maximum Gasteiger partial charge on any atom is 0.307 e. The van der Waals surface area contributed by atoms with Crippen molar-refractivity contribution in [3.63, 3.8) is 0 Å². The fraction of sp³-hybridized carbons (Fsp3) is 0.111. The van der Waals surface area contributed by atoms with Crippen molar-refractivity contribution in [2.24, 2.45) is 0 Å². The fourth-order valence-corrected chi connectivity index (χ4v) is 4.10. The van der Waals surface area contributed by atoms with Gasteiger partial charge in [0.1, 0.15) is 0 Å². The molecular weight excluding hydrogens is 532 g/mol. The summed E-state index contributed by atoms with van der Waals surface area (Å²) in [7, 11) is 0. The molecule has 3 aromatic carbocycles. The predicted octanol–water partition coefficient (Wildman–Crippen LogP) is 6.54. The normalized spacial score (nSPS) is 11.6. The second-order valence-corrected chi connectivity index (χ2v) is 8.99. The lowest BCUT2D eigenvalue weighted by molar-refractivity contribution is -0.148. The third kappa shape index (κ3) is 6.12. The van der Waals surface area contributed by atoms with Gasteiger partial charge in [0, 0.05) is 38.6 Å². The third-order valence-corrected chi connectivity index (χ3v) is 6.21. The molecule has 0 spiro atoms. The number of aromatic nitrogens is 1. The number of carbonyl (C=O) groups is 3. The van der Waals surface area contributed by atoms with Gasteiger partial charge in [0.05, 0.1) is 17.6 Å². The van der Waals surface area contributed by atoms with Gasteiger partial charge in [-0.15, -0.1) is 0 Å². The van der Waals surface area contributed by atoms with Crippen LogP contribution in [0.5, 0.6) is 0 Å². The van der Waals surface area contributed by atoms with Gasteiger partial charge in [-0.05, 0) is 42.5 Å². The summed E-state index contributed by atoms with van der Waals surface area (Å²) < 4.78 is 6.41. The van der Waals surface area contributed by atoms with Gasteiger partial charge >= 0.3 is 5.97 Å². The molecule has 0 radical (unpaired) electrons. The highest BCUT2D eigenvalue weighted by Gasteiger charge is 2.26. The van der Waals surface area contributed by atoms with Crippen molar-refractivity contribution in [2.75, 3.05) is 5.32 Å². The van der Waals surface area contributed by atoms with Crippen molar-refractivity contribution in [3.05, 3.63) is 106 Å². The lowest BCUT2D eigenvalue weighted by Crippen LogP contribution is -2.21. The van der Waals surface area contributed by atoms with E-state index in [-0.39, 0.29) is 24.5 Å². The number of ketones is 1. The molecule has 0 fully saturated rings. The Morgan fingerprint density at radius 2 is 1.66 bits per heavy atom. The molecule has 0 aliphatic carbocycles. The van der Waals surface area contributed by atoms with Gasteiger partial charge in [-0.2, -0.15) is 0 Å². The van der Waals surface area contributed by atoms with E-state index in [1.165, 1.54) is 0 Å². The first-order valence-electron chi connectivity index (χ1n) is 10.8. The van der Waals surface area contributed by atoms with Gasteiger partial charge in [-0.3, -0.25) is 19.4 Å². The van der Waals surface area contributed by atoms with Gasteiger partial charge in [-0.25, -0.2) is 0 Å². The second-order valence-electron chi connectivity index (χ2n) is 7.69. The maximum atomic E-state index is 13.1. The third-order valence-electron chi connectivity index (χ3n) is 5.27. The summed E-state index contributed by atoms with van der Waals surface area (Å²) in [5.41, 5.74) is 2.08. The molecule has 176 valence electrons. The lowest BCUT2D eigenvalue weighted by atomic mass is 10.00. The summed E-state index contributed by atoms with van der Waals surface area (Å²) >= 11 is 9.40. The van der Waals surface area contributed by atoms with Crippen LogP contribution in [0.15, 0.2) is 89.5 Å². The number of ether oxygens (including phenoxy) is 1. The average Bonchev–Trinajstić information content (AvgIpc) is 2.88. The molecule has 0 aliphatic rings. The van der Waals surface area contributed by atoms with E-state index in [1.807, 2.05) is 18.2 Å². The molecule has 0 unspecified atom stereocenters. The minimum Gasteiger partial charge on any atom is -0.449 e. The van der Waals surface area contributed by atoms with E-state index in [4.69, 9.17) is 16.3 Å². The summed E-state index contributed by atoms with van der Waals surface area (Å²) in [5.74, 6) is -1.40. The van der Waals surface area contributed by atoms with Crippen LogP contribution >= 0.6 is 27.5 Å². The number of hydrogen-bond acceptors (Lipinski definition) is 5. The monoisotopic (exact) mass is 550 g/mol. The van der Waals surface area contributed by atoms with Crippen molar-refractivity contribution in [1.82, 2.24) is 4.98 Å². The van der Waals surface area contributed by atoms with Crippen LogP contribution in [-0.4, -0.2) is 22.6 Å². The molecule has 8 heteroatoms. The van der Waals surface area contributed by atoms with Gasteiger partial charge in [0.15, 0.2) is 6.10 Å². The molecule has 1 atom stereocenters. The number of benzene rings is 3. The van der Waals surface area contributed by atoms with Crippen LogP contribution in [0.3, 0.4) is 0 Å². The number of nitrogens with zero attached hydrogens (tertiary/aromatic N) is 1. The van der Waals surface area contributed by atoms with Gasteiger partial charge in [-0.1, -0.05) is 63.9 Å². The Bertz CT molecular complexity index is 1380. The Hall–Kier alpha value is -3.55. The van der Waals surface area contributed by atoms with E-state index < -0.39 is 12.1 Å². The Balaban J connectivity index is 1.43. The number of fused-ring (bicyclic) bond motifs is 1. The highest BCUT2D eigenvalue weighted by atomic mass is 79.9. The number of halogens is 2. The molecule has 0 bridgehead atoms. The SMILES string of the molecule is O=C(CCC(=O)O[C@H](C(=O)c1ccc(Cl)cc1)c1ccccc1)Nc1ccc(Br)c2cccnc12. The first-order valence-corrected chi connectivity index (χ1v) is 12.0. The minimum atomic E-state index is -1.13. The van der Waals surface area contributed by atoms with E-state index >= 15 is 0 Å². The molecule has 0 saturated heterocycles. The summed E-state index contributed by atoms with van der Waals surface area (Å²) in [4.78, 5) is 42.6. The Kier molecular flexibility index (Phi) is 7.90. The Morgan fingerprint density at radius 1 is 0.914 bits per heavy atom. The number of carbonyl (C=O) groups excluding carboxylic acids is 3. The fourth-order valence-electron chi connectivity index (χ4n) is 3.52. The quantitative estimate of drug-likeness (QED) is 0.199. The number of rotatable bonds is 8. The van der Waals surface area contributed by atoms with Crippen LogP contribution in [0.2, 0.25) is 5.02 Å². The lowest BCUT2D eigenvalue weighted by Gasteiger charge is -2.17. The molecule has 35 heavy (non-hydrogen) atoms. The van der Waals surface area contributed by atoms with Gasteiger partial charge < -0.3 is 10.1 Å². The minimum absolute atomic E-state index is 0.111. The summed E-state index contributed by atoms with van der Waals surface area (Å²) in [6.45, 7) is 0. The van der Waals surface area contributed by atoms with Crippen LogP contribution in [0.4, 0.5) is 5.69 Å². The Labute approximate surface area is 215 Å². The summed E-state index contributed by atoms with van der Waals surface area (Å²) in [6.07, 6.45) is 0.209. The van der Waals surface area contributed by atoms with Crippen LogP contribution in [0.1, 0.15) is 34.9 Å². The van der Waals surface area contributed by atoms with E-state index in [0.717, 1.165) is 9.86 Å². The van der Waals surface area contributed by atoms with Crippen LogP contribution < -0.4 is 5.32 Å². The van der Waals surface area contributed by atoms with E-state index in [0.29, 0.717) is 27.4 Å². The highest BCUT2D eigenvalue weighted by Crippen LogP contribution is 2.29. The average molecular weight is 552 g/mol. The summed E-state index contributed by atoms with van der Waals surface area (Å²) in [6, 6.07) is 22.4. The standard InChI is InChI=1S/C27H20BrClN2O4/c28-21-12-13-22(25-20(21)7-4-16-30-25)31-23(32)14-15-24(33)35-27(18-5-2-1-3-6-18)26(34)17-8-10-19(29)11-9-17/h1-13,16,27H,14-15H2,(H,31,32)/t27-/m0/s1. The van der Waals surface area contributed by atoms with E-state index in [1.54, 1.807) is 66.9 Å². The number of nitrogens with one attached hydrogen (secondary N) is 1.